The van der Waals surface area contributed by atoms with E-state index in [9.17, 15) is 0 Å². The molecule has 0 saturated heterocycles. The third kappa shape index (κ3) is 3.55. The van der Waals surface area contributed by atoms with E-state index in [1.165, 1.54) is 24.0 Å². The number of rotatable bonds is 5. The molecule has 0 saturated carbocycles. The van der Waals surface area contributed by atoms with Crippen LogP contribution in [0.5, 0.6) is 0 Å². The van der Waals surface area contributed by atoms with Crippen LogP contribution in [0.4, 0.5) is 0 Å². The van der Waals surface area contributed by atoms with Gasteiger partial charge in [0, 0.05) is 18.9 Å². The lowest BCUT2D eigenvalue weighted by molar-refractivity contribution is 0.639. The molecule has 0 spiro atoms. The highest BCUT2D eigenvalue weighted by Crippen LogP contribution is 2.03. The van der Waals surface area contributed by atoms with Crippen LogP contribution in [-0.2, 0) is 6.54 Å². The molecular formula is C11H18N2. The van der Waals surface area contributed by atoms with Crippen LogP contribution in [0.2, 0.25) is 0 Å². The van der Waals surface area contributed by atoms with Gasteiger partial charge in [-0.25, -0.2) is 0 Å². The number of pyridine rings is 1. The summed E-state index contributed by atoms with van der Waals surface area (Å²) in [6, 6.07) is 2.08. The first-order valence-corrected chi connectivity index (χ1v) is 4.94. The Labute approximate surface area is 80.4 Å². The summed E-state index contributed by atoms with van der Waals surface area (Å²) in [5.74, 6) is 0. The van der Waals surface area contributed by atoms with Gasteiger partial charge in [-0.3, -0.25) is 4.98 Å². The second-order valence-corrected chi connectivity index (χ2v) is 3.33. The van der Waals surface area contributed by atoms with E-state index in [-0.39, 0.29) is 0 Å². The van der Waals surface area contributed by atoms with E-state index >= 15 is 0 Å². The normalized spacial score (nSPS) is 10.3. The lowest BCUT2D eigenvalue weighted by Crippen LogP contribution is -2.15. The molecule has 0 aromatic carbocycles. The van der Waals surface area contributed by atoms with Gasteiger partial charge in [0.05, 0.1) is 0 Å². The van der Waals surface area contributed by atoms with Gasteiger partial charge in [-0.2, -0.15) is 0 Å². The van der Waals surface area contributed by atoms with Crippen LogP contribution in [0.25, 0.3) is 0 Å². The Morgan fingerprint density at radius 2 is 2.31 bits per heavy atom. The van der Waals surface area contributed by atoms with E-state index in [4.69, 9.17) is 0 Å². The molecule has 1 rings (SSSR count). The molecule has 0 aliphatic heterocycles. The summed E-state index contributed by atoms with van der Waals surface area (Å²) in [4.78, 5) is 4.06. The largest absolute Gasteiger partial charge is 0.313 e. The van der Waals surface area contributed by atoms with Crippen molar-refractivity contribution in [3.63, 3.8) is 0 Å². The molecule has 0 atom stereocenters. The second kappa shape index (κ2) is 5.70. The molecule has 0 fully saturated rings. The van der Waals surface area contributed by atoms with E-state index in [0.717, 1.165) is 13.1 Å². The first-order chi connectivity index (χ1) is 6.34. The standard InChI is InChI=1S/C11H18N2/c1-3-4-6-12-9-11-5-7-13-8-10(11)2/h5,7-8,12H,3-4,6,9H2,1-2H3. The van der Waals surface area contributed by atoms with Crippen LogP contribution < -0.4 is 5.32 Å². The highest BCUT2D eigenvalue weighted by Gasteiger charge is 1.95. The average molecular weight is 178 g/mol. The van der Waals surface area contributed by atoms with Gasteiger partial charge in [0.1, 0.15) is 0 Å². The van der Waals surface area contributed by atoms with Crippen molar-refractivity contribution >= 4 is 0 Å². The van der Waals surface area contributed by atoms with Crippen molar-refractivity contribution in [2.75, 3.05) is 6.54 Å². The molecule has 2 heteroatoms. The predicted octanol–water partition coefficient (Wildman–Crippen LogP) is 2.28. The van der Waals surface area contributed by atoms with Crippen LogP contribution >= 0.6 is 0 Å². The van der Waals surface area contributed by atoms with Crippen LogP contribution in [0, 0.1) is 6.92 Å². The molecule has 0 amide bonds. The van der Waals surface area contributed by atoms with E-state index in [1.54, 1.807) is 0 Å². The number of hydrogen-bond donors (Lipinski definition) is 1. The monoisotopic (exact) mass is 178 g/mol. The van der Waals surface area contributed by atoms with Crippen molar-refractivity contribution in [2.24, 2.45) is 0 Å². The van der Waals surface area contributed by atoms with Crippen molar-refractivity contribution in [3.8, 4) is 0 Å². The summed E-state index contributed by atoms with van der Waals surface area (Å²) in [5.41, 5.74) is 2.62. The molecule has 1 aromatic rings. The average Bonchev–Trinajstić information content (AvgIpc) is 2.15. The maximum absolute atomic E-state index is 4.06. The fourth-order valence-electron chi connectivity index (χ4n) is 1.23. The van der Waals surface area contributed by atoms with Gasteiger partial charge >= 0.3 is 0 Å². The lowest BCUT2D eigenvalue weighted by atomic mass is 10.1. The Morgan fingerprint density at radius 1 is 1.46 bits per heavy atom. The molecule has 0 aliphatic carbocycles. The Kier molecular flexibility index (Phi) is 4.47. The number of nitrogens with zero attached hydrogens (tertiary/aromatic N) is 1. The smallest absolute Gasteiger partial charge is 0.0300 e. The van der Waals surface area contributed by atoms with Gasteiger partial charge in [0.15, 0.2) is 0 Å². The molecule has 0 aliphatic rings. The highest BCUT2D eigenvalue weighted by atomic mass is 14.8. The van der Waals surface area contributed by atoms with Gasteiger partial charge in [-0.05, 0) is 37.1 Å². The fraction of sp³-hybridized carbons (Fsp3) is 0.545. The van der Waals surface area contributed by atoms with Crippen LogP contribution in [0.3, 0.4) is 0 Å². The number of hydrogen-bond acceptors (Lipinski definition) is 2. The molecule has 2 nitrogen and oxygen atoms in total. The van der Waals surface area contributed by atoms with Crippen molar-refractivity contribution in [1.82, 2.24) is 10.3 Å². The molecule has 1 aromatic heterocycles. The van der Waals surface area contributed by atoms with Crippen molar-refractivity contribution in [3.05, 3.63) is 29.6 Å². The zero-order valence-electron chi connectivity index (χ0n) is 8.51. The number of unbranched alkanes of at least 4 members (excludes halogenated alkanes) is 1. The number of aromatic nitrogens is 1. The topological polar surface area (TPSA) is 24.9 Å². The summed E-state index contributed by atoms with van der Waals surface area (Å²) < 4.78 is 0. The van der Waals surface area contributed by atoms with E-state index in [0.29, 0.717) is 0 Å². The van der Waals surface area contributed by atoms with Crippen LogP contribution in [0.1, 0.15) is 30.9 Å². The van der Waals surface area contributed by atoms with E-state index < -0.39 is 0 Å². The number of nitrogens with one attached hydrogen (secondary N) is 1. The molecule has 0 bridgehead atoms. The fourth-order valence-corrected chi connectivity index (χ4v) is 1.23. The summed E-state index contributed by atoms with van der Waals surface area (Å²) >= 11 is 0. The molecule has 13 heavy (non-hydrogen) atoms. The first kappa shape index (κ1) is 10.2. The Hall–Kier alpha value is -0.890. The van der Waals surface area contributed by atoms with E-state index in [2.05, 4.69) is 30.2 Å². The maximum atomic E-state index is 4.06. The Balaban J connectivity index is 2.32. The van der Waals surface area contributed by atoms with Crippen LogP contribution in [0.15, 0.2) is 18.5 Å². The van der Waals surface area contributed by atoms with Crippen molar-refractivity contribution in [2.45, 2.75) is 33.2 Å². The quantitative estimate of drug-likeness (QED) is 0.700. The first-order valence-electron chi connectivity index (χ1n) is 4.94. The van der Waals surface area contributed by atoms with Gasteiger partial charge in [-0.1, -0.05) is 13.3 Å². The van der Waals surface area contributed by atoms with Gasteiger partial charge in [0.25, 0.3) is 0 Å². The Morgan fingerprint density at radius 3 is 3.00 bits per heavy atom. The van der Waals surface area contributed by atoms with Gasteiger partial charge in [-0.15, -0.1) is 0 Å². The van der Waals surface area contributed by atoms with Crippen LogP contribution in [-0.4, -0.2) is 11.5 Å². The van der Waals surface area contributed by atoms with E-state index in [1.807, 2.05) is 12.4 Å². The third-order valence-electron chi connectivity index (χ3n) is 2.16. The second-order valence-electron chi connectivity index (χ2n) is 3.33. The van der Waals surface area contributed by atoms with Gasteiger partial charge in [0.2, 0.25) is 0 Å². The molecular weight excluding hydrogens is 160 g/mol. The SMILES string of the molecule is CCCCNCc1ccncc1C. The number of aryl methyl sites for hydroxylation is 1. The van der Waals surface area contributed by atoms with Crippen molar-refractivity contribution in [1.29, 1.82) is 0 Å². The van der Waals surface area contributed by atoms with Crippen molar-refractivity contribution < 1.29 is 0 Å². The van der Waals surface area contributed by atoms with Gasteiger partial charge < -0.3 is 5.32 Å². The molecule has 1 N–H and O–H groups in total. The minimum Gasteiger partial charge on any atom is -0.313 e. The molecule has 0 radical (unpaired) electrons. The zero-order valence-corrected chi connectivity index (χ0v) is 8.51. The third-order valence-corrected chi connectivity index (χ3v) is 2.16. The summed E-state index contributed by atoms with van der Waals surface area (Å²) in [6.45, 7) is 6.38. The zero-order chi connectivity index (χ0) is 9.52. The lowest BCUT2D eigenvalue weighted by Gasteiger charge is -2.05. The predicted molar refractivity (Wildman–Crippen MR) is 55.6 cm³/mol. The summed E-state index contributed by atoms with van der Waals surface area (Å²) in [6.07, 6.45) is 6.27. The maximum Gasteiger partial charge on any atom is 0.0300 e. The summed E-state index contributed by atoms with van der Waals surface area (Å²) in [5, 5.41) is 3.42. The minimum absolute atomic E-state index is 0.967. The molecule has 0 unspecified atom stereocenters. The minimum atomic E-state index is 0.967. The molecule has 1 heterocycles. The summed E-state index contributed by atoms with van der Waals surface area (Å²) in [7, 11) is 0. The molecule has 72 valence electrons. The Bertz CT molecular complexity index is 246. The highest BCUT2D eigenvalue weighted by molar-refractivity contribution is 5.20.